The fourth-order valence-corrected chi connectivity index (χ4v) is 8.47. The maximum Gasteiger partial charge on any atom is 0.334 e. The van der Waals surface area contributed by atoms with E-state index in [2.05, 4.69) is 20.8 Å². The molecule has 4 aliphatic carbocycles. The molecule has 0 amide bonds. The van der Waals surface area contributed by atoms with Gasteiger partial charge in [-0.2, -0.15) is 0 Å². The van der Waals surface area contributed by atoms with Crippen LogP contribution in [0.1, 0.15) is 66.0 Å². The number of esters is 1. The third kappa shape index (κ3) is 3.72. The first-order valence-corrected chi connectivity index (χ1v) is 14.6. The van der Waals surface area contributed by atoms with E-state index in [9.17, 15) is 14.7 Å². The second kappa shape index (κ2) is 8.73. The molecule has 1 saturated heterocycles. The zero-order chi connectivity index (χ0) is 29.0. The molecule has 0 unspecified atom stereocenters. The molecule has 1 aliphatic heterocycles. The van der Waals surface area contributed by atoms with Gasteiger partial charge in [-0.05, 0) is 87.0 Å². The summed E-state index contributed by atoms with van der Waals surface area (Å²) in [7, 11) is 0. The zero-order valence-corrected chi connectivity index (χ0v) is 24.9. The summed E-state index contributed by atoms with van der Waals surface area (Å²) in [4.78, 5) is 28.3. The van der Waals surface area contributed by atoms with Crippen LogP contribution in [0.3, 0.4) is 0 Å². The summed E-state index contributed by atoms with van der Waals surface area (Å²) in [6, 6.07) is 7.89. The predicted molar refractivity (Wildman–Crippen MR) is 152 cm³/mol. The summed E-state index contributed by atoms with van der Waals surface area (Å²) < 4.78 is 18.7. The number of benzene rings is 1. The second-order valence-electron chi connectivity index (χ2n) is 14.0. The lowest BCUT2D eigenvalue weighted by atomic mass is 9.59. The van der Waals surface area contributed by atoms with Gasteiger partial charge in [-0.25, -0.2) is 4.79 Å². The van der Waals surface area contributed by atoms with Crippen molar-refractivity contribution in [3.8, 4) is 0 Å². The van der Waals surface area contributed by atoms with Crippen LogP contribution in [0.2, 0.25) is 0 Å². The highest BCUT2D eigenvalue weighted by Crippen LogP contribution is 2.72. The Morgan fingerprint density at radius 3 is 2.48 bits per heavy atom. The number of Topliss-reactive ketones (excluding diaryl/α,β-unsaturated/α-hetero) is 1. The lowest BCUT2D eigenvalue weighted by Gasteiger charge is -2.52. The normalized spacial score (nSPS) is 40.9. The molecule has 1 aromatic rings. The molecule has 8 atom stereocenters. The van der Waals surface area contributed by atoms with E-state index in [0.717, 1.165) is 23.1 Å². The summed E-state index contributed by atoms with van der Waals surface area (Å²) in [6.45, 7) is 16.0. The molecule has 2 bridgehead atoms. The van der Waals surface area contributed by atoms with Gasteiger partial charge in [0.1, 0.15) is 6.10 Å². The van der Waals surface area contributed by atoms with Crippen LogP contribution in [-0.2, 0) is 23.8 Å². The molecule has 1 aromatic carbocycles. The number of fused-ring (bicyclic) bond motifs is 5. The smallest absolute Gasteiger partial charge is 0.334 e. The third-order valence-electron chi connectivity index (χ3n) is 10.7. The Bertz CT molecular complexity index is 1360. The van der Waals surface area contributed by atoms with E-state index in [0.29, 0.717) is 17.1 Å². The van der Waals surface area contributed by atoms with Gasteiger partial charge in [-0.15, -0.1) is 0 Å². The number of rotatable bonds is 3. The minimum Gasteiger partial charge on any atom is -0.451 e. The van der Waals surface area contributed by atoms with Gasteiger partial charge in [-0.1, -0.05) is 62.8 Å². The average Bonchev–Trinajstić information content (AvgIpc) is 3.37. The molecule has 3 fully saturated rings. The van der Waals surface area contributed by atoms with Crippen LogP contribution < -0.4 is 0 Å². The Labute approximate surface area is 237 Å². The SMILES string of the molecule is CC(=Cc1ccc(C)cc1)C(=O)O[C@H]1C(C)=C[C@]23C(=O)[C@@H](C=C4COC(C)(C)O[C@H]4[C@]12O)[C@H]1[C@@H](C[C@H]3C)C1(C)C. The number of hydrogen-bond acceptors (Lipinski definition) is 6. The minimum atomic E-state index is -1.81. The zero-order valence-electron chi connectivity index (χ0n) is 24.9. The molecule has 1 spiro atoms. The number of ether oxygens (including phenoxy) is 3. The average molecular weight is 547 g/mol. The number of carbonyl (C=O) groups is 2. The van der Waals surface area contributed by atoms with Gasteiger partial charge in [0.05, 0.1) is 12.0 Å². The van der Waals surface area contributed by atoms with Gasteiger partial charge in [0, 0.05) is 11.5 Å². The highest BCUT2D eigenvalue weighted by atomic mass is 16.7. The molecule has 2 saturated carbocycles. The van der Waals surface area contributed by atoms with E-state index in [-0.39, 0.29) is 35.6 Å². The largest absolute Gasteiger partial charge is 0.451 e. The first-order valence-electron chi connectivity index (χ1n) is 14.6. The summed E-state index contributed by atoms with van der Waals surface area (Å²) >= 11 is 0. The van der Waals surface area contributed by atoms with Crippen LogP contribution in [0.5, 0.6) is 0 Å². The third-order valence-corrected chi connectivity index (χ3v) is 10.7. The fraction of sp³-hybridized carbons (Fsp3) is 0.588. The molecule has 6 nitrogen and oxygen atoms in total. The number of carbonyl (C=O) groups excluding carboxylic acids is 2. The Balaban J connectivity index is 1.45. The van der Waals surface area contributed by atoms with Gasteiger partial charge in [0.15, 0.2) is 23.3 Å². The molecular formula is C34H42O6. The Hall–Kier alpha value is -2.54. The Morgan fingerprint density at radius 2 is 1.80 bits per heavy atom. The molecular weight excluding hydrogens is 504 g/mol. The van der Waals surface area contributed by atoms with E-state index in [4.69, 9.17) is 14.2 Å². The molecule has 6 rings (SSSR count). The monoisotopic (exact) mass is 546 g/mol. The first kappa shape index (κ1) is 27.6. The van der Waals surface area contributed by atoms with Crippen molar-refractivity contribution in [1.29, 1.82) is 0 Å². The van der Waals surface area contributed by atoms with Gasteiger partial charge in [0.25, 0.3) is 0 Å². The summed E-state index contributed by atoms with van der Waals surface area (Å²) in [6.07, 6.45) is 4.64. The molecule has 0 aromatic heterocycles. The van der Waals surface area contributed by atoms with Crippen LogP contribution in [-0.4, -0.2) is 47.1 Å². The maximum atomic E-state index is 14.8. The Morgan fingerprint density at radius 1 is 1.12 bits per heavy atom. The van der Waals surface area contributed by atoms with E-state index in [1.807, 2.05) is 64.1 Å². The van der Waals surface area contributed by atoms with E-state index in [1.165, 1.54) is 0 Å². The van der Waals surface area contributed by atoms with Crippen molar-refractivity contribution in [2.75, 3.05) is 6.61 Å². The van der Waals surface area contributed by atoms with Crippen LogP contribution in [0.25, 0.3) is 6.08 Å². The number of hydrogen-bond donors (Lipinski definition) is 1. The summed E-state index contributed by atoms with van der Waals surface area (Å²) in [5.41, 5.74) is 0.865. The van der Waals surface area contributed by atoms with E-state index in [1.54, 1.807) is 13.0 Å². The van der Waals surface area contributed by atoms with Crippen molar-refractivity contribution in [2.24, 2.45) is 34.5 Å². The fourth-order valence-electron chi connectivity index (χ4n) is 8.47. The number of allylic oxidation sites excluding steroid dienone is 1. The molecule has 214 valence electrons. The van der Waals surface area contributed by atoms with Gasteiger partial charge in [-0.3, -0.25) is 4.79 Å². The van der Waals surface area contributed by atoms with Gasteiger partial charge in [0.2, 0.25) is 0 Å². The molecule has 6 heteroatoms. The van der Waals surface area contributed by atoms with Crippen LogP contribution in [0.15, 0.2) is 53.1 Å². The first-order chi connectivity index (χ1) is 18.6. The second-order valence-corrected chi connectivity index (χ2v) is 14.0. The number of aliphatic hydroxyl groups is 1. The molecule has 5 aliphatic rings. The van der Waals surface area contributed by atoms with Crippen LogP contribution in [0, 0.1) is 41.4 Å². The molecule has 0 radical (unpaired) electrons. The minimum absolute atomic E-state index is 0.00806. The van der Waals surface area contributed by atoms with Crippen molar-refractivity contribution < 1.29 is 28.9 Å². The van der Waals surface area contributed by atoms with Crippen molar-refractivity contribution in [1.82, 2.24) is 0 Å². The van der Waals surface area contributed by atoms with Crippen molar-refractivity contribution in [2.45, 2.75) is 85.4 Å². The molecule has 40 heavy (non-hydrogen) atoms. The van der Waals surface area contributed by atoms with E-state index >= 15 is 0 Å². The van der Waals surface area contributed by atoms with Crippen molar-refractivity contribution in [3.63, 3.8) is 0 Å². The van der Waals surface area contributed by atoms with Crippen LogP contribution in [0.4, 0.5) is 0 Å². The quantitative estimate of drug-likeness (QED) is 0.303. The molecule has 1 N–H and O–H groups in total. The molecule has 1 heterocycles. The Kier molecular flexibility index (Phi) is 6.03. The lowest BCUT2D eigenvalue weighted by molar-refractivity contribution is -0.303. The van der Waals surface area contributed by atoms with Crippen molar-refractivity contribution >= 4 is 17.8 Å². The summed E-state index contributed by atoms with van der Waals surface area (Å²) in [5, 5.41) is 13.1. The van der Waals surface area contributed by atoms with Gasteiger partial charge < -0.3 is 19.3 Å². The van der Waals surface area contributed by atoms with Gasteiger partial charge >= 0.3 is 5.97 Å². The lowest BCUT2D eigenvalue weighted by Crippen LogP contribution is -2.68. The highest BCUT2D eigenvalue weighted by molar-refractivity contribution is 5.96. The van der Waals surface area contributed by atoms with E-state index < -0.39 is 35.0 Å². The van der Waals surface area contributed by atoms with Crippen molar-refractivity contribution in [3.05, 3.63) is 64.3 Å². The standard InChI is InChI=1S/C34H42O6/c1-18-9-11-22(12-10-18)13-19(2)30(36)39-28-20(3)16-33-21(4)14-25-26(31(25,5)6)24(27(33)35)15-23-17-38-32(7,8)40-29(23)34(28,33)37/h9-13,15-16,21,24-26,28-29,37H,14,17H2,1-8H3/t21-,24+,25-,26+,28+,29-,33+,34-/m1/s1. The number of aryl methyl sites for hydroxylation is 1. The number of ketones is 1. The topological polar surface area (TPSA) is 82.1 Å². The summed E-state index contributed by atoms with van der Waals surface area (Å²) in [5.74, 6) is -1.45. The predicted octanol–water partition coefficient (Wildman–Crippen LogP) is 5.58. The van der Waals surface area contributed by atoms with Crippen LogP contribution >= 0.6 is 0 Å². The highest BCUT2D eigenvalue weighted by Gasteiger charge is 2.77. The maximum absolute atomic E-state index is 14.8.